The molecule has 2 unspecified atom stereocenters. The van der Waals surface area contributed by atoms with Gasteiger partial charge in [-0.25, -0.2) is 0 Å². The van der Waals surface area contributed by atoms with Crippen molar-refractivity contribution in [3.05, 3.63) is 46.2 Å². The fourth-order valence-corrected chi connectivity index (χ4v) is 3.05. The maximum absolute atomic E-state index is 12.1. The van der Waals surface area contributed by atoms with Crippen molar-refractivity contribution in [2.75, 3.05) is 13.6 Å². The maximum Gasteiger partial charge on any atom is 0.252 e. The van der Waals surface area contributed by atoms with Gasteiger partial charge in [0.05, 0.1) is 0 Å². The first kappa shape index (κ1) is 14.3. The molecule has 1 aromatic carbocycles. The van der Waals surface area contributed by atoms with Crippen molar-refractivity contribution in [1.82, 2.24) is 15.2 Å². The van der Waals surface area contributed by atoms with Gasteiger partial charge in [0, 0.05) is 29.7 Å². The van der Waals surface area contributed by atoms with Crippen molar-refractivity contribution < 1.29 is 0 Å². The number of para-hydroxylation sites is 1. The molecule has 2 aromatic rings. The first-order valence-corrected chi connectivity index (χ1v) is 7.68. The normalized spacial score (nSPS) is 23.5. The van der Waals surface area contributed by atoms with Crippen LogP contribution in [0.25, 0.3) is 10.9 Å². The van der Waals surface area contributed by atoms with Crippen LogP contribution < -0.4 is 10.9 Å². The Labute approximate surface area is 125 Å². The summed E-state index contributed by atoms with van der Waals surface area (Å²) < 4.78 is 0. The van der Waals surface area contributed by atoms with Crippen LogP contribution in [-0.2, 0) is 6.54 Å². The van der Waals surface area contributed by atoms with Crippen LogP contribution in [0.15, 0.2) is 35.1 Å². The van der Waals surface area contributed by atoms with Crippen LogP contribution in [0.1, 0.15) is 25.3 Å². The van der Waals surface area contributed by atoms with Gasteiger partial charge in [-0.1, -0.05) is 18.2 Å². The molecule has 1 aliphatic heterocycles. The zero-order chi connectivity index (χ0) is 14.8. The maximum atomic E-state index is 12.1. The van der Waals surface area contributed by atoms with Gasteiger partial charge in [0.25, 0.3) is 5.56 Å². The van der Waals surface area contributed by atoms with Gasteiger partial charge in [0.15, 0.2) is 0 Å². The first-order chi connectivity index (χ1) is 10.1. The van der Waals surface area contributed by atoms with E-state index in [2.05, 4.69) is 29.2 Å². The van der Waals surface area contributed by atoms with Crippen molar-refractivity contribution in [3.8, 4) is 0 Å². The van der Waals surface area contributed by atoms with Gasteiger partial charge in [-0.2, -0.15) is 0 Å². The second kappa shape index (κ2) is 6.00. The number of rotatable bonds is 3. The Bertz CT molecular complexity index is 679. The van der Waals surface area contributed by atoms with E-state index in [4.69, 9.17) is 0 Å². The predicted molar refractivity (Wildman–Crippen MR) is 86.5 cm³/mol. The number of nitrogens with zero attached hydrogens (tertiary/aromatic N) is 1. The van der Waals surface area contributed by atoms with Gasteiger partial charge in [-0.15, -0.1) is 0 Å². The molecule has 0 aliphatic carbocycles. The molecule has 1 saturated heterocycles. The summed E-state index contributed by atoms with van der Waals surface area (Å²) in [4.78, 5) is 17.5. The van der Waals surface area contributed by atoms with E-state index in [0.29, 0.717) is 18.6 Å². The first-order valence-electron chi connectivity index (χ1n) is 7.68. The summed E-state index contributed by atoms with van der Waals surface area (Å²) in [5, 5.41) is 4.64. The standard InChI is InChI=1S/C17H23N3O/c1-12-9-15(7-8-20(12)2)18-11-14-10-13-5-3-4-6-16(13)19-17(14)21/h3-6,10,12,15,18H,7-9,11H2,1-2H3,(H,19,21). The summed E-state index contributed by atoms with van der Waals surface area (Å²) in [5.74, 6) is 0. The number of aromatic amines is 1. The third-order valence-corrected chi connectivity index (χ3v) is 4.62. The van der Waals surface area contributed by atoms with E-state index in [1.165, 1.54) is 0 Å². The summed E-state index contributed by atoms with van der Waals surface area (Å²) >= 11 is 0. The second-order valence-corrected chi connectivity index (χ2v) is 6.14. The Kier molecular flexibility index (Phi) is 4.08. The Morgan fingerprint density at radius 2 is 2.19 bits per heavy atom. The monoisotopic (exact) mass is 285 g/mol. The number of piperidine rings is 1. The third kappa shape index (κ3) is 3.17. The lowest BCUT2D eigenvalue weighted by molar-refractivity contribution is 0.168. The van der Waals surface area contributed by atoms with Crippen LogP contribution in [0.5, 0.6) is 0 Å². The fraction of sp³-hybridized carbons (Fsp3) is 0.471. The van der Waals surface area contributed by atoms with Gasteiger partial charge in [-0.3, -0.25) is 4.79 Å². The van der Waals surface area contributed by atoms with Crippen LogP contribution in [-0.4, -0.2) is 35.6 Å². The van der Waals surface area contributed by atoms with Crippen molar-refractivity contribution in [1.29, 1.82) is 0 Å². The third-order valence-electron chi connectivity index (χ3n) is 4.62. The number of hydrogen-bond donors (Lipinski definition) is 2. The van der Waals surface area contributed by atoms with E-state index in [1.807, 2.05) is 30.3 Å². The highest BCUT2D eigenvalue weighted by molar-refractivity contribution is 5.78. The molecule has 3 rings (SSSR count). The summed E-state index contributed by atoms with van der Waals surface area (Å²) in [5.41, 5.74) is 1.74. The van der Waals surface area contributed by atoms with E-state index in [9.17, 15) is 4.79 Å². The molecule has 4 nitrogen and oxygen atoms in total. The van der Waals surface area contributed by atoms with Gasteiger partial charge < -0.3 is 15.2 Å². The number of aromatic nitrogens is 1. The van der Waals surface area contributed by atoms with Crippen molar-refractivity contribution in [2.24, 2.45) is 0 Å². The predicted octanol–water partition coefficient (Wildman–Crippen LogP) is 2.10. The summed E-state index contributed by atoms with van der Waals surface area (Å²) in [6, 6.07) is 11.0. The Balaban J connectivity index is 1.70. The molecule has 2 N–H and O–H groups in total. The molecule has 2 heterocycles. The minimum Gasteiger partial charge on any atom is -0.322 e. The molecule has 4 heteroatoms. The molecule has 0 radical (unpaired) electrons. The van der Waals surface area contributed by atoms with Gasteiger partial charge in [0.1, 0.15) is 0 Å². The number of hydrogen-bond acceptors (Lipinski definition) is 3. The molecule has 21 heavy (non-hydrogen) atoms. The quantitative estimate of drug-likeness (QED) is 0.908. The number of fused-ring (bicyclic) bond motifs is 1. The van der Waals surface area contributed by atoms with Gasteiger partial charge in [0.2, 0.25) is 0 Å². The summed E-state index contributed by atoms with van der Waals surface area (Å²) in [6.07, 6.45) is 2.29. The lowest BCUT2D eigenvalue weighted by atomic mass is 9.99. The smallest absolute Gasteiger partial charge is 0.252 e. The summed E-state index contributed by atoms with van der Waals surface area (Å²) in [6.45, 7) is 4.02. The molecule has 1 fully saturated rings. The lowest BCUT2D eigenvalue weighted by Crippen LogP contribution is -2.45. The minimum absolute atomic E-state index is 0.0159. The zero-order valence-electron chi connectivity index (χ0n) is 12.7. The van der Waals surface area contributed by atoms with Gasteiger partial charge >= 0.3 is 0 Å². The molecule has 0 spiro atoms. The van der Waals surface area contributed by atoms with E-state index in [0.717, 1.165) is 35.9 Å². The molecule has 112 valence electrons. The van der Waals surface area contributed by atoms with Crippen LogP contribution >= 0.6 is 0 Å². The fourth-order valence-electron chi connectivity index (χ4n) is 3.05. The number of likely N-dealkylation sites (tertiary alicyclic amines) is 1. The minimum atomic E-state index is 0.0159. The van der Waals surface area contributed by atoms with Crippen molar-refractivity contribution in [3.63, 3.8) is 0 Å². The Morgan fingerprint density at radius 3 is 3.00 bits per heavy atom. The Morgan fingerprint density at radius 1 is 1.38 bits per heavy atom. The lowest BCUT2D eigenvalue weighted by Gasteiger charge is -2.35. The van der Waals surface area contributed by atoms with Crippen LogP contribution in [0, 0.1) is 0 Å². The molecule has 0 bridgehead atoms. The molecule has 2 atom stereocenters. The summed E-state index contributed by atoms with van der Waals surface area (Å²) in [7, 11) is 2.18. The van der Waals surface area contributed by atoms with Crippen molar-refractivity contribution >= 4 is 10.9 Å². The topological polar surface area (TPSA) is 48.1 Å². The molecule has 1 aliphatic rings. The SMILES string of the molecule is CC1CC(NCc2cc3ccccc3[nH]c2=O)CCN1C. The highest BCUT2D eigenvalue weighted by atomic mass is 16.1. The van der Waals surface area contributed by atoms with Gasteiger partial charge in [-0.05, 0) is 50.9 Å². The van der Waals surface area contributed by atoms with Crippen molar-refractivity contribution in [2.45, 2.75) is 38.4 Å². The number of pyridine rings is 1. The Hall–Kier alpha value is -1.65. The molecular weight excluding hydrogens is 262 g/mol. The van der Waals surface area contributed by atoms with E-state index >= 15 is 0 Å². The molecule has 0 saturated carbocycles. The van der Waals surface area contributed by atoms with E-state index in [-0.39, 0.29) is 5.56 Å². The van der Waals surface area contributed by atoms with E-state index in [1.54, 1.807) is 0 Å². The van der Waals surface area contributed by atoms with E-state index < -0.39 is 0 Å². The average Bonchev–Trinajstić information content (AvgIpc) is 2.48. The number of benzene rings is 1. The van der Waals surface area contributed by atoms with Crippen LogP contribution in [0.3, 0.4) is 0 Å². The zero-order valence-corrected chi connectivity index (χ0v) is 12.7. The highest BCUT2D eigenvalue weighted by Gasteiger charge is 2.22. The number of nitrogens with one attached hydrogen (secondary N) is 2. The van der Waals surface area contributed by atoms with Crippen LogP contribution in [0.2, 0.25) is 0 Å². The molecule has 1 aromatic heterocycles. The second-order valence-electron chi connectivity index (χ2n) is 6.14. The highest BCUT2D eigenvalue weighted by Crippen LogP contribution is 2.16. The van der Waals surface area contributed by atoms with Crippen LogP contribution in [0.4, 0.5) is 0 Å². The number of H-pyrrole nitrogens is 1. The largest absolute Gasteiger partial charge is 0.322 e. The molecule has 0 amide bonds. The molecular formula is C17H23N3O. The average molecular weight is 285 g/mol.